The number of carbonyl (C=O) groups is 1. The lowest BCUT2D eigenvalue weighted by Crippen LogP contribution is -2.19. The standard InChI is InChI=1S/C20H24N2O3/c1-3-25-20(23)17-12-19(14-6-8-16(24-2)9-7-14)22(21-17)18-11-13-4-5-15(18)10-13/h6-9,12-13,15,18H,3-5,10-11H2,1-2H3. The summed E-state index contributed by atoms with van der Waals surface area (Å²) in [5.74, 6) is 1.96. The smallest absolute Gasteiger partial charge is 0.358 e. The number of esters is 1. The maximum atomic E-state index is 12.2. The third-order valence-corrected chi connectivity index (χ3v) is 5.62. The molecule has 0 amide bonds. The van der Waals surface area contributed by atoms with Crippen LogP contribution in [-0.4, -0.2) is 29.5 Å². The normalized spacial score (nSPS) is 24.5. The van der Waals surface area contributed by atoms with Crippen molar-refractivity contribution in [1.29, 1.82) is 0 Å². The van der Waals surface area contributed by atoms with Crippen LogP contribution in [0.25, 0.3) is 11.3 Å². The third-order valence-electron chi connectivity index (χ3n) is 5.62. The Kier molecular flexibility index (Phi) is 4.24. The van der Waals surface area contributed by atoms with Crippen LogP contribution in [0.2, 0.25) is 0 Å². The molecule has 2 bridgehead atoms. The Bertz CT molecular complexity index is 766. The first-order valence-electron chi connectivity index (χ1n) is 9.10. The number of hydrogen-bond acceptors (Lipinski definition) is 4. The number of hydrogen-bond donors (Lipinski definition) is 0. The lowest BCUT2D eigenvalue weighted by atomic mass is 9.95. The molecule has 0 saturated heterocycles. The van der Waals surface area contributed by atoms with Crippen molar-refractivity contribution in [3.05, 3.63) is 36.0 Å². The fourth-order valence-electron chi connectivity index (χ4n) is 4.44. The highest BCUT2D eigenvalue weighted by molar-refractivity contribution is 5.88. The molecule has 3 unspecified atom stereocenters. The molecule has 4 rings (SSSR count). The van der Waals surface area contributed by atoms with Gasteiger partial charge in [0.05, 0.1) is 25.5 Å². The van der Waals surface area contributed by atoms with Crippen LogP contribution in [0.3, 0.4) is 0 Å². The van der Waals surface area contributed by atoms with Crippen molar-refractivity contribution < 1.29 is 14.3 Å². The summed E-state index contributed by atoms with van der Waals surface area (Å²) in [5.41, 5.74) is 2.44. The zero-order valence-electron chi connectivity index (χ0n) is 14.8. The van der Waals surface area contributed by atoms with Gasteiger partial charge in [0.1, 0.15) is 5.75 Å². The molecule has 2 aliphatic carbocycles. The average molecular weight is 340 g/mol. The van der Waals surface area contributed by atoms with E-state index >= 15 is 0 Å². The van der Waals surface area contributed by atoms with Gasteiger partial charge in [-0.25, -0.2) is 4.79 Å². The minimum atomic E-state index is -0.348. The van der Waals surface area contributed by atoms with Crippen LogP contribution in [0, 0.1) is 11.8 Å². The Balaban J connectivity index is 1.73. The molecule has 2 saturated carbocycles. The summed E-state index contributed by atoms with van der Waals surface area (Å²) >= 11 is 0. The molecule has 0 radical (unpaired) electrons. The Morgan fingerprint density at radius 1 is 1.24 bits per heavy atom. The van der Waals surface area contributed by atoms with Crippen LogP contribution in [0.1, 0.15) is 49.1 Å². The zero-order chi connectivity index (χ0) is 17.4. The van der Waals surface area contributed by atoms with E-state index in [-0.39, 0.29) is 5.97 Å². The fraction of sp³-hybridized carbons (Fsp3) is 0.500. The number of methoxy groups -OCH3 is 1. The Morgan fingerprint density at radius 2 is 2.04 bits per heavy atom. The van der Waals surface area contributed by atoms with Crippen molar-refractivity contribution in [3.8, 4) is 17.0 Å². The number of aromatic nitrogens is 2. The van der Waals surface area contributed by atoms with Crippen molar-refractivity contribution in [2.75, 3.05) is 13.7 Å². The van der Waals surface area contributed by atoms with Crippen molar-refractivity contribution in [1.82, 2.24) is 9.78 Å². The number of benzene rings is 1. The van der Waals surface area contributed by atoms with Gasteiger partial charge in [0.25, 0.3) is 0 Å². The van der Waals surface area contributed by atoms with Crippen LogP contribution < -0.4 is 4.74 Å². The highest BCUT2D eigenvalue weighted by Crippen LogP contribution is 2.51. The molecule has 2 aliphatic rings. The van der Waals surface area contributed by atoms with Gasteiger partial charge in [-0.1, -0.05) is 6.42 Å². The predicted molar refractivity (Wildman–Crippen MR) is 94.7 cm³/mol. The largest absolute Gasteiger partial charge is 0.497 e. The quantitative estimate of drug-likeness (QED) is 0.769. The molecule has 0 aliphatic heterocycles. The average Bonchev–Trinajstić information content (AvgIpc) is 3.36. The van der Waals surface area contributed by atoms with Gasteiger partial charge in [-0.2, -0.15) is 5.10 Å². The molecule has 25 heavy (non-hydrogen) atoms. The number of carbonyl (C=O) groups excluding carboxylic acids is 1. The molecule has 5 nitrogen and oxygen atoms in total. The van der Waals surface area contributed by atoms with Crippen molar-refractivity contribution in [3.63, 3.8) is 0 Å². The first kappa shape index (κ1) is 16.2. The summed E-state index contributed by atoms with van der Waals surface area (Å²) in [6, 6.07) is 10.2. The minimum absolute atomic E-state index is 0.348. The maximum Gasteiger partial charge on any atom is 0.358 e. The first-order chi connectivity index (χ1) is 12.2. The molecular formula is C20H24N2O3. The predicted octanol–water partition coefficient (Wildman–Crippen LogP) is 4.10. The van der Waals surface area contributed by atoms with E-state index in [1.54, 1.807) is 7.11 Å². The highest BCUT2D eigenvalue weighted by atomic mass is 16.5. The van der Waals surface area contributed by atoms with Gasteiger partial charge >= 0.3 is 5.97 Å². The lowest BCUT2D eigenvalue weighted by Gasteiger charge is -2.24. The molecule has 5 heteroatoms. The van der Waals surface area contributed by atoms with E-state index < -0.39 is 0 Å². The summed E-state index contributed by atoms with van der Waals surface area (Å²) in [6.07, 6.45) is 5.07. The molecule has 2 fully saturated rings. The molecule has 0 spiro atoms. The van der Waals surface area contributed by atoms with Gasteiger partial charge in [0, 0.05) is 5.56 Å². The Labute approximate surface area is 147 Å². The van der Waals surface area contributed by atoms with Gasteiger partial charge in [-0.15, -0.1) is 0 Å². The van der Waals surface area contributed by atoms with Crippen molar-refractivity contribution in [2.24, 2.45) is 11.8 Å². The molecule has 1 heterocycles. The third kappa shape index (κ3) is 2.92. The van der Waals surface area contributed by atoms with E-state index in [4.69, 9.17) is 9.47 Å². The molecule has 3 atom stereocenters. The van der Waals surface area contributed by atoms with E-state index in [0.717, 1.165) is 29.3 Å². The Hall–Kier alpha value is -2.30. The first-order valence-corrected chi connectivity index (χ1v) is 9.10. The summed E-state index contributed by atoms with van der Waals surface area (Å²) in [4.78, 5) is 12.2. The van der Waals surface area contributed by atoms with E-state index in [1.165, 1.54) is 19.3 Å². The summed E-state index contributed by atoms with van der Waals surface area (Å²) in [7, 11) is 1.66. The maximum absolute atomic E-state index is 12.2. The SMILES string of the molecule is CCOC(=O)c1cc(-c2ccc(OC)cc2)n(C2CC3CCC2C3)n1. The van der Waals surface area contributed by atoms with Crippen molar-refractivity contribution in [2.45, 2.75) is 38.6 Å². The number of ether oxygens (including phenoxy) is 2. The van der Waals surface area contributed by atoms with Gasteiger partial charge in [-0.3, -0.25) is 4.68 Å². The van der Waals surface area contributed by atoms with Crippen LogP contribution in [0.4, 0.5) is 0 Å². The second kappa shape index (κ2) is 6.54. The van der Waals surface area contributed by atoms with Crippen LogP contribution in [0.15, 0.2) is 30.3 Å². The molecule has 1 aromatic carbocycles. The molecule has 1 aromatic heterocycles. The molecule has 132 valence electrons. The van der Waals surface area contributed by atoms with Crippen LogP contribution in [-0.2, 0) is 4.74 Å². The molecular weight excluding hydrogens is 316 g/mol. The summed E-state index contributed by atoms with van der Waals surface area (Å²) < 4.78 is 12.5. The Morgan fingerprint density at radius 3 is 2.64 bits per heavy atom. The van der Waals surface area contributed by atoms with E-state index in [9.17, 15) is 4.79 Å². The van der Waals surface area contributed by atoms with E-state index in [0.29, 0.717) is 24.3 Å². The summed E-state index contributed by atoms with van der Waals surface area (Å²) in [5, 5.41) is 4.66. The highest BCUT2D eigenvalue weighted by Gasteiger charge is 2.42. The van der Waals surface area contributed by atoms with E-state index in [1.807, 2.05) is 37.3 Å². The number of fused-ring (bicyclic) bond motifs is 2. The molecule has 2 aromatic rings. The van der Waals surface area contributed by atoms with Gasteiger partial charge in [0.2, 0.25) is 0 Å². The number of rotatable bonds is 5. The van der Waals surface area contributed by atoms with Gasteiger partial charge in [0.15, 0.2) is 5.69 Å². The van der Waals surface area contributed by atoms with Crippen LogP contribution >= 0.6 is 0 Å². The minimum Gasteiger partial charge on any atom is -0.497 e. The second-order valence-electron chi connectivity index (χ2n) is 7.05. The van der Waals surface area contributed by atoms with Crippen molar-refractivity contribution >= 4 is 5.97 Å². The topological polar surface area (TPSA) is 53.4 Å². The molecule has 0 N–H and O–H groups in total. The second-order valence-corrected chi connectivity index (χ2v) is 7.05. The number of nitrogens with zero attached hydrogens (tertiary/aromatic N) is 2. The fourth-order valence-corrected chi connectivity index (χ4v) is 4.44. The zero-order valence-corrected chi connectivity index (χ0v) is 14.8. The van der Waals surface area contributed by atoms with Crippen LogP contribution in [0.5, 0.6) is 5.75 Å². The summed E-state index contributed by atoms with van der Waals surface area (Å²) in [6.45, 7) is 2.17. The van der Waals surface area contributed by atoms with Gasteiger partial charge in [-0.05, 0) is 68.4 Å². The monoisotopic (exact) mass is 340 g/mol. The van der Waals surface area contributed by atoms with E-state index in [2.05, 4.69) is 9.78 Å². The van der Waals surface area contributed by atoms with Gasteiger partial charge < -0.3 is 9.47 Å². The lowest BCUT2D eigenvalue weighted by molar-refractivity contribution is 0.0517.